The van der Waals surface area contributed by atoms with Crippen LogP contribution in [0.15, 0.2) is 23.1 Å². The molecule has 2 rings (SSSR count). The van der Waals surface area contributed by atoms with E-state index in [2.05, 4.69) is 4.72 Å². The van der Waals surface area contributed by atoms with Crippen LogP contribution in [-0.2, 0) is 21.8 Å². The van der Waals surface area contributed by atoms with Gasteiger partial charge in [-0.25, -0.2) is 13.2 Å². The Bertz CT molecular complexity index is 963. The number of sulfonamides is 1. The molecule has 1 heterocycles. The molecule has 0 atom stereocenters. The number of carbonyl (C=O) groups excluding carboxylic acids is 1. The van der Waals surface area contributed by atoms with Gasteiger partial charge in [0.25, 0.3) is 10.0 Å². The van der Waals surface area contributed by atoms with Gasteiger partial charge in [-0.2, -0.15) is 0 Å². The van der Waals surface area contributed by atoms with Crippen molar-refractivity contribution in [3.8, 4) is 11.5 Å². The summed E-state index contributed by atoms with van der Waals surface area (Å²) in [6.07, 6.45) is 0. The number of aromatic nitrogens is 1. The second-order valence-corrected chi connectivity index (χ2v) is 7.45. The molecule has 0 aliphatic rings. The Morgan fingerprint density at radius 3 is 2.37 bits per heavy atom. The second-order valence-electron chi connectivity index (χ2n) is 5.83. The zero-order valence-corrected chi connectivity index (χ0v) is 17.1. The van der Waals surface area contributed by atoms with Crippen molar-refractivity contribution in [2.75, 3.05) is 25.5 Å². The molecule has 0 unspecified atom stereocenters. The van der Waals surface area contributed by atoms with Crippen molar-refractivity contribution in [3.05, 3.63) is 35.2 Å². The van der Waals surface area contributed by atoms with E-state index in [-0.39, 0.29) is 22.8 Å². The number of nitrogens with one attached hydrogen (secondary N) is 1. The van der Waals surface area contributed by atoms with Crippen LogP contribution in [0.1, 0.15) is 28.7 Å². The molecule has 0 aliphatic carbocycles. The molecule has 0 radical (unpaired) electrons. The molecular formula is C18H24N2O6S. The van der Waals surface area contributed by atoms with Gasteiger partial charge in [-0.1, -0.05) is 0 Å². The van der Waals surface area contributed by atoms with Crippen molar-refractivity contribution in [1.29, 1.82) is 0 Å². The number of benzene rings is 1. The minimum absolute atomic E-state index is 0.0196. The Morgan fingerprint density at radius 2 is 1.81 bits per heavy atom. The summed E-state index contributed by atoms with van der Waals surface area (Å²) in [6.45, 7) is 5.11. The van der Waals surface area contributed by atoms with E-state index in [1.165, 1.54) is 20.3 Å². The van der Waals surface area contributed by atoms with Crippen LogP contribution in [-0.4, -0.2) is 39.8 Å². The molecule has 148 valence electrons. The van der Waals surface area contributed by atoms with Crippen molar-refractivity contribution < 1.29 is 27.4 Å². The van der Waals surface area contributed by atoms with Crippen molar-refractivity contribution in [1.82, 2.24) is 4.57 Å². The molecule has 1 aromatic carbocycles. The van der Waals surface area contributed by atoms with Crippen LogP contribution in [0.5, 0.6) is 11.5 Å². The van der Waals surface area contributed by atoms with Gasteiger partial charge >= 0.3 is 5.97 Å². The maximum atomic E-state index is 13.2. The number of carbonyl (C=O) groups is 1. The molecule has 0 saturated carbocycles. The van der Waals surface area contributed by atoms with E-state index in [1.54, 1.807) is 44.5 Å². The number of methoxy groups -OCH3 is 2. The van der Waals surface area contributed by atoms with E-state index in [0.717, 1.165) is 0 Å². The average Bonchev–Trinajstić information content (AvgIpc) is 2.86. The number of esters is 1. The summed E-state index contributed by atoms with van der Waals surface area (Å²) in [5.41, 5.74) is 1.15. The van der Waals surface area contributed by atoms with E-state index >= 15 is 0 Å². The van der Waals surface area contributed by atoms with Gasteiger partial charge in [0.15, 0.2) is 0 Å². The highest BCUT2D eigenvalue weighted by molar-refractivity contribution is 7.92. The highest BCUT2D eigenvalue weighted by atomic mass is 32.2. The van der Waals surface area contributed by atoms with Gasteiger partial charge in [0.1, 0.15) is 22.0 Å². The lowest BCUT2D eigenvalue weighted by molar-refractivity contribution is 0.0521. The Hall–Kier alpha value is -2.68. The minimum atomic E-state index is -4.10. The predicted octanol–water partition coefficient (Wildman–Crippen LogP) is 2.64. The third-order valence-corrected chi connectivity index (χ3v) is 5.85. The van der Waals surface area contributed by atoms with Crippen LogP contribution in [0.4, 0.5) is 5.69 Å². The maximum Gasteiger partial charge on any atom is 0.341 e. The molecule has 9 heteroatoms. The number of anilines is 1. The number of hydrogen-bond acceptors (Lipinski definition) is 6. The van der Waals surface area contributed by atoms with Crippen LogP contribution in [0.3, 0.4) is 0 Å². The zero-order chi connectivity index (χ0) is 20.4. The smallest absolute Gasteiger partial charge is 0.341 e. The molecule has 0 aliphatic heterocycles. The standard InChI is InChI=1S/C18H24N2O6S/c1-7-26-18(21)16-11(2)20(4)12(3)17(16)27(22,23)19-14-10-13(24-5)8-9-15(14)25-6/h8-10,19H,7H2,1-6H3. The first-order chi connectivity index (χ1) is 12.7. The Morgan fingerprint density at radius 1 is 1.15 bits per heavy atom. The van der Waals surface area contributed by atoms with Gasteiger partial charge in [-0.05, 0) is 32.9 Å². The summed E-state index contributed by atoms with van der Waals surface area (Å²) < 4.78 is 45.9. The van der Waals surface area contributed by atoms with Gasteiger partial charge in [-0.3, -0.25) is 4.72 Å². The first-order valence-corrected chi connectivity index (χ1v) is 9.74. The molecule has 27 heavy (non-hydrogen) atoms. The van der Waals surface area contributed by atoms with Crippen LogP contribution < -0.4 is 14.2 Å². The lowest BCUT2D eigenvalue weighted by Crippen LogP contribution is -2.18. The second kappa shape index (κ2) is 7.91. The Labute approximate surface area is 159 Å². The van der Waals surface area contributed by atoms with Gasteiger partial charge in [0.2, 0.25) is 0 Å². The minimum Gasteiger partial charge on any atom is -0.497 e. The maximum absolute atomic E-state index is 13.2. The topological polar surface area (TPSA) is 95.9 Å². The summed E-state index contributed by atoms with van der Waals surface area (Å²) in [4.78, 5) is 12.3. The fourth-order valence-electron chi connectivity index (χ4n) is 2.78. The molecule has 1 N–H and O–H groups in total. The quantitative estimate of drug-likeness (QED) is 0.723. The third kappa shape index (κ3) is 3.87. The number of nitrogens with zero attached hydrogens (tertiary/aromatic N) is 1. The highest BCUT2D eigenvalue weighted by Crippen LogP contribution is 2.33. The van der Waals surface area contributed by atoms with Crippen LogP contribution in [0.25, 0.3) is 0 Å². The van der Waals surface area contributed by atoms with Crippen LogP contribution in [0.2, 0.25) is 0 Å². The fourth-order valence-corrected chi connectivity index (χ4v) is 4.36. The number of ether oxygens (including phenoxy) is 3. The Kier molecular flexibility index (Phi) is 6.04. The SMILES string of the molecule is CCOC(=O)c1c(S(=O)(=O)Nc2cc(OC)ccc2OC)c(C)n(C)c1C. The van der Waals surface area contributed by atoms with E-state index in [0.29, 0.717) is 22.9 Å². The Balaban J connectivity index is 2.61. The lowest BCUT2D eigenvalue weighted by Gasteiger charge is -2.14. The monoisotopic (exact) mass is 396 g/mol. The zero-order valence-electron chi connectivity index (χ0n) is 16.2. The highest BCUT2D eigenvalue weighted by Gasteiger charge is 2.32. The predicted molar refractivity (Wildman–Crippen MR) is 101 cm³/mol. The van der Waals surface area contributed by atoms with E-state index in [4.69, 9.17) is 14.2 Å². The summed E-state index contributed by atoms with van der Waals surface area (Å²) in [5.74, 6) is 0.0964. The molecular weight excluding hydrogens is 372 g/mol. The summed E-state index contributed by atoms with van der Waals surface area (Å²) >= 11 is 0. The van der Waals surface area contributed by atoms with Gasteiger partial charge in [-0.15, -0.1) is 0 Å². The molecule has 8 nitrogen and oxygen atoms in total. The first-order valence-electron chi connectivity index (χ1n) is 8.25. The van der Waals surface area contributed by atoms with Gasteiger partial charge in [0, 0.05) is 24.5 Å². The molecule has 0 amide bonds. The van der Waals surface area contributed by atoms with Crippen LogP contribution in [0, 0.1) is 13.8 Å². The van der Waals surface area contributed by atoms with Gasteiger partial charge in [0.05, 0.1) is 26.5 Å². The molecule has 0 fully saturated rings. The van der Waals surface area contributed by atoms with Crippen molar-refractivity contribution in [3.63, 3.8) is 0 Å². The average molecular weight is 396 g/mol. The van der Waals surface area contributed by atoms with E-state index in [1.807, 2.05) is 0 Å². The molecule has 2 aromatic rings. The normalized spacial score (nSPS) is 11.2. The molecule has 0 spiro atoms. The summed E-state index contributed by atoms with van der Waals surface area (Å²) in [7, 11) is 0.497. The molecule has 0 saturated heterocycles. The molecule has 0 bridgehead atoms. The lowest BCUT2D eigenvalue weighted by atomic mass is 10.2. The van der Waals surface area contributed by atoms with Gasteiger partial charge < -0.3 is 18.8 Å². The fraction of sp³-hybridized carbons (Fsp3) is 0.389. The van der Waals surface area contributed by atoms with Crippen molar-refractivity contribution in [2.24, 2.45) is 7.05 Å². The van der Waals surface area contributed by atoms with Crippen LogP contribution >= 0.6 is 0 Å². The first kappa shape index (κ1) is 20.6. The van der Waals surface area contributed by atoms with E-state index < -0.39 is 16.0 Å². The molecule has 1 aromatic heterocycles. The number of rotatable bonds is 7. The van der Waals surface area contributed by atoms with E-state index in [9.17, 15) is 13.2 Å². The number of hydrogen-bond donors (Lipinski definition) is 1. The summed E-state index contributed by atoms with van der Waals surface area (Å²) in [5, 5.41) is 0. The third-order valence-electron chi connectivity index (χ3n) is 4.32. The van der Waals surface area contributed by atoms with Crippen molar-refractivity contribution >= 4 is 21.7 Å². The summed E-state index contributed by atoms with van der Waals surface area (Å²) in [6, 6.07) is 4.75. The van der Waals surface area contributed by atoms with Crippen molar-refractivity contribution in [2.45, 2.75) is 25.7 Å². The largest absolute Gasteiger partial charge is 0.497 e.